The molecular formula is C23H20F2N6O. The molecule has 0 spiro atoms. The smallest absolute Gasteiger partial charge is 0.238 e. The molecule has 1 aliphatic rings. The normalized spacial score (nSPS) is 15.4. The van der Waals surface area contributed by atoms with Gasteiger partial charge in [-0.05, 0) is 55.3 Å². The maximum absolute atomic E-state index is 13.7. The second-order valence-electron chi connectivity index (χ2n) is 7.59. The molecular weight excluding hydrogens is 414 g/mol. The topological polar surface area (TPSA) is 70.7 Å². The Hall–Kier alpha value is -3.88. The van der Waals surface area contributed by atoms with Crippen molar-refractivity contribution in [3.8, 4) is 11.6 Å². The molecule has 0 fully saturated rings. The van der Waals surface area contributed by atoms with Crippen LogP contribution in [0.4, 0.5) is 8.78 Å². The molecule has 1 aromatic carbocycles. The molecule has 162 valence electrons. The van der Waals surface area contributed by atoms with E-state index in [9.17, 15) is 8.78 Å². The molecule has 1 aliphatic heterocycles. The van der Waals surface area contributed by atoms with Gasteiger partial charge in [0, 0.05) is 18.7 Å². The Morgan fingerprint density at radius 2 is 1.97 bits per heavy atom. The minimum atomic E-state index is -0.853. The van der Waals surface area contributed by atoms with Crippen molar-refractivity contribution < 1.29 is 13.5 Å². The van der Waals surface area contributed by atoms with Crippen molar-refractivity contribution in [1.29, 1.82) is 0 Å². The van der Waals surface area contributed by atoms with Crippen LogP contribution in [0.2, 0.25) is 0 Å². The zero-order valence-electron chi connectivity index (χ0n) is 17.5. The van der Waals surface area contributed by atoms with E-state index in [1.54, 1.807) is 25.6 Å². The van der Waals surface area contributed by atoms with Gasteiger partial charge in [-0.3, -0.25) is 0 Å². The number of methoxy groups -OCH3 is 1. The van der Waals surface area contributed by atoms with E-state index in [4.69, 9.17) is 4.74 Å². The van der Waals surface area contributed by atoms with Gasteiger partial charge in [0.15, 0.2) is 17.5 Å². The molecule has 3 aromatic heterocycles. The molecule has 0 saturated carbocycles. The summed E-state index contributed by atoms with van der Waals surface area (Å²) in [6.07, 6.45) is 7.94. The van der Waals surface area contributed by atoms with Gasteiger partial charge >= 0.3 is 0 Å². The summed E-state index contributed by atoms with van der Waals surface area (Å²) >= 11 is 0. The lowest BCUT2D eigenvalue weighted by Gasteiger charge is -2.08. The van der Waals surface area contributed by atoms with Gasteiger partial charge < -0.3 is 9.30 Å². The van der Waals surface area contributed by atoms with Crippen molar-refractivity contribution in [3.63, 3.8) is 0 Å². The summed E-state index contributed by atoms with van der Waals surface area (Å²) in [5.41, 5.74) is 3.08. The van der Waals surface area contributed by atoms with Gasteiger partial charge in [0.25, 0.3) is 0 Å². The van der Waals surface area contributed by atoms with Crippen molar-refractivity contribution in [3.05, 3.63) is 83.1 Å². The third kappa shape index (κ3) is 3.66. The average molecular weight is 434 g/mol. The highest BCUT2D eigenvalue weighted by Crippen LogP contribution is 2.33. The molecule has 4 heterocycles. The molecule has 9 heteroatoms. The second-order valence-corrected chi connectivity index (χ2v) is 7.59. The number of imidazole rings is 1. The van der Waals surface area contributed by atoms with Crippen LogP contribution in [0.25, 0.3) is 17.8 Å². The highest BCUT2D eigenvalue weighted by Gasteiger charge is 2.28. The molecule has 1 atom stereocenters. The molecule has 0 saturated heterocycles. The molecule has 5 rings (SSSR count). The fourth-order valence-corrected chi connectivity index (χ4v) is 3.89. The van der Waals surface area contributed by atoms with Crippen LogP contribution < -0.4 is 4.74 Å². The molecule has 4 aromatic rings. The van der Waals surface area contributed by atoms with Gasteiger partial charge in [0.1, 0.15) is 11.5 Å². The second kappa shape index (κ2) is 7.99. The van der Waals surface area contributed by atoms with Crippen molar-refractivity contribution in [2.24, 2.45) is 0 Å². The van der Waals surface area contributed by atoms with Gasteiger partial charge in [0.2, 0.25) is 5.88 Å². The lowest BCUT2D eigenvalue weighted by atomic mass is 9.97. The zero-order valence-corrected chi connectivity index (χ0v) is 17.5. The van der Waals surface area contributed by atoms with E-state index in [-0.39, 0.29) is 5.92 Å². The summed E-state index contributed by atoms with van der Waals surface area (Å²) < 4.78 is 36.1. The number of halogens is 2. The van der Waals surface area contributed by atoms with Crippen LogP contribution in [0.1, 0.15) is 40.9 Å². The van der Waals surface area contributed by atoms with Crippen molar-refractivity contribution in [1.82, 2.24) is 29.3 Å². The first-order chi connectivity index (χ1) is 15.5. The third-order valence-electron chi connectivity index (χ3n) is 5.45. The molecule has 0 aliphatic carbocycles. The first kappa shape index (κ1) is 20.0. The van der Waals surface area contributed by atoms with Gasteiger partial charge in [-0.25, -0.2) is 28.4 Å². The SMILES string of the molecule is COc1nc(C=Cc2nc3n(n2)CC[C@H]3c2ccc(F)c(F)c2)ccc1-n1cnc(C)c1. The van der Waals surface area contributed by atoms with Crippen LogP contribution in [-0.2, 0) is 6.54 Å². The quantitative estimate of drug-likeness (QED) is 0.472. The molecule has 0 amide bonds. The predicted molar refractivity (Wildman–Crippen MR) is 114 cm³/mol. The number of rotatable bonds is 5. The number of pyridine rings is 1. The van der Waals surface area contributed by atoms with Crippen LogP contribution in [0.3, 0.4) is 0 Å². The first-order valence-corrected chi connectivity index (χ1v) is 10.2. The fraction of sp³-hybridized carbons (Fsp3) is 0.217. The van der Waals surface area contributed by atoms with E-state index in [0.29, 0.717) is 29.5 Å². The standard InChI is InChI=1S/C23H20F2N6O/c1-14-12-30(13-26-14)20-7-4-16(27-23(20)32-2)5-8-21-28-22-17(9-10-31(22)29-21)15-3-6-18(24)19(25)11-15/h3-8,11-13,17H,9-10H2,1-2H3/t17-/m0/s1. The van der Waals surface area contributed by atoms with E-state index in [1.165, 1.54) is 6.07 Å². The summed E-state index contributed by atoms with van der Waals surface area (Å²) in [4.78, 5) is 13.4. The van der Waals surface area contributed by atoms with Crippen molar-refractivity contribution >= 4 is 12.2 Å². The number of nitrogens with zero attached hydrogens (tertiary/aromatic N) is 6. The number of benzene rings is 1. The monoisotopic (exact) mass is 434 g/mol. The summed E-state index contributed by atoms with van der Waals surface area (Å²) in [7, 11) is 1.57. The lowest BCUT2D eigenvalue weighted by molar-refractivity contribution is 0.395. The maximum Gasteiger partial charge on any atom is 0.238 e. The zero-order chi connectivity index (χ0) is 22.2. The van der Waals surface area contributed by atoms with Gasteiger partial charge in [-0.1, -0.05) is 6.07 Å². The fourth-order valence-electron chi connectivity index (χ4n) is 3.89. The average Bonchev–Trinajstić information content (AvgIpc) is 3.50. The molecule has 0 N–H and O–H groups in total. The largest absolute Gasteiger partial charge is 0.479 e. The molecule has 7 nitrogen and oxygen atoms in total. The van der Waals surface area contributed by atoms with E-state index in [2.05, 4.69) is 20.1 Å². The Kier molecular flexibility index (Phi) is 5.01. The van der Waals surface area contributed by atoms with E-state index < -0.39 is 11.6 Å². The van der Waals surface area contributed by atoms with Crippen LogP contribution in [0, 0.1) is 18.6 Å². The molecule has 32 heavy (non-hydrogen) atoms. The summed E-state index contributed by atoms with van der Waals surface area (Å²) in [6.45, 7) is 2.59. The maximum atomic E-state index is 13.7. The Labute approximate surface area is 183 Å². The Balaban J connectivity index is 1.38. The number of aromatic nitrogens is 6. The lowest BCUT2D eigenvalue weighted by Crippen LogP contribution is -2.00. The van der Waals surface area contributed by atoms with Crippen molar-refractivity contribution in [2.45, 2.75) is 25.8 Å². The van der Waals surface area contributed by atoms with E-state index >= 15 is 0 Å². The van der Waals surface area contributed by atoms with Crippen LogP contribution in [0.15, 0.2) is 42.9 Å². The van der Waals surface area contributed by atoms with Crippen LogP contribution in [0.5, 0.6) is 5.88 Å². The Bertz CT molecular complexity index is 1330. The van der Waals surface area contributed by atoms with E-state index in [1.807, 2.05) is 40.6 Å². The molecule has 0 radical (unpaired) electrons. The number of fused-ring (bicyclic) bond motifs is 1. The summed E-state index contributed by atoms with van der Waals surface area (Å²) in [5, 5.41) is 4.51. The number of aryl methyl sites for hydroxylation is 2. The van der Waals surface area contributed by atoms with Gasteiger partial charge in [-0.2, -0.15) is 5.10 Å². The van der Waals surface area contributed by atoms with Crippen molar-refractivity contribution in [2.75, 3.05) is 7.11 Å². The van der Waals surface area contributed by atoms with Gasteiger partial charge in [0.05, 0.1) is 24.8 Å². The first-order valence-electron chi connectivity index (χ1n) is 10.2. The van der Waals surface area contributed by atoms with E-state index in [0.717, 1.165) is 29.7 Å². The highest BCUT2D eigenvalue weighted by atomic mass is 19.2. The number of ether oxygens (including phenoxy) is 1. The Morgan fingerprint density at radius 3 is 2.72 bits per heavy atom. The van der Waals surface area contributed by atoms with Gasteiger partial charge in [-0.15, -0.1) is 0 Å². The number of hydrogen-bond donors (Lipinski definition) is 0. The predicted octanol–water partition coefficient (Wildman–Crippen LogP) is 4.16. The van der Waals surface area contributed by atoms with Crippen LogP contribution in [-0.4, -0.2) is 36.4 Å². The molecule has 0 unspecified atom stereocenters. The minimum Gasteiger partial charge on any atom is -0.479 e. The summed E-state index contributed by atoms with van der Waals surface area (Å²) in [5.74, 6) is -0.0719. The summed E-state index contributed by atoms with van der Waals surface area (Å²) in [6, 6.07) is 7.77. The Morgan fingerprint density at radius 1 is 1.09 bits per heavy atom. The number of hydrogen-bond acceptors (Lipinski definition) is 5. The highest BCUT2D eigenvalue weighted by molar-refractivity contribution is 5.65. The molecule has 0 bridgehead atoms. The third-order valence-corrected chi connectivity index (χ3v) is 5.45. The minimum absolute atomic E-state index is 0.115. The van der Waals surface area contributed by atoms with Crippen LogP contribution >= 0.6 is 0 Å².